The molecule has 0 aliphatic rings. The summed E-state index contributed by atoms with van der Waals surface area (Å²) in [6.45, 7) is 1.97. The Morgan fingerprint density at radius 1 is 1.18 bits per heavy atom. The summed E-state index contributed by atoms with van der Waals surface area (Å²) in [6, 6.07) is 12.5. The minimum absolute atomic E-state index is 0.0963. The van der Waals surface area contributed by atoms with Crippen LogP contribution in [0.15, 0.2) is 46.9 Å². The van der Waals surface area contributed by atoms with Gasteiger partial charge in [-0.05, 0) is 42.3 Å². The van der Waals surface area contributed by atoms with Gasteiger partial charge in [-0.15, -0.1) is 10.2 Å². The number of nitrogens with zero attached hydrogens (tertiary/aromatic N) is 2. The van der Waals surface area contributed by atoms with Crippen molar-refractivity contribution in [2.24, 2.45) is 0 Å². The monoisotopic (exact) mass is 460 g/mol. The van der Waals surface area contributed by atoms with E-state index in [0.717, 1.165) is 22.2 Å². The zero-order chi connectivity index (χ0) is 20.1. The Bertz CT molecular complexity index is 1000. The molecule has 0 atom stereocenters. The van der Waals surface area contributed by atoms with E-state index in [4.69, 9.17) is 10.5 Å². The number of amides is 1. The number of nitrogens with one attached hydrogen (secondary N) is 1. The van der Waals surface area contributed by atoms with Gasteiger partial charge in [0.1, 0.15) is 6.61 Å². The van der Waals surface area contributed by atoms with E-state index < -0.39 is 5.97 Å². The van der Waals surface area contributed by atoms with E-state index in [2.05, 4.69) is 38.4 Å². The van der Waals surface area contributed by atoms with E-state index in [0.29, 0.717) is 16.4 Å². The molecule has 1 amide bonds. The summed E-state index contributed by atoms with van der Waals surface area (Å²) in [5, 5.41) is 11.1. The minimum Gasteiger partial charge on any atom is -0.455 e. The number of nitrogens with two attached hydrogens (primary N) is 1. The minimum atomic E-state index is -0.573. The van der Waals surface area contributed by atoms with Crippen molar-refractivity contribution in [3.63, 3.8) is 0 Å². The highest BCUT2D eigenvalue weighted by molar-refractivity contribution is 9.10. The quantitative estimate of drug-likeness (QED) is 0.424. The van der Waals surface area contributed by atoms with Gasteiger partial charge in [-0.3, -0.25) is 4.79 Å². The van der Waals surface area contributed by atoms with Gasteiger partial charge in [0.15, 0.2) is 5.01 Å². The maximum Gasteiger partial charge on any atom is 0.340 e. The molecule has 3 N–H and O–H groups in total. The second kappa shape index (κ2) is 8.94. The molecule has 3 rings (SSSR count). The van der Waals surface area contributed by atoms with Crippen LogP contribution in [0.3, 0.4) is 0 Å². The van der Waals surface area contributed by atoms with Gasteiger partial charge in [-0.25, -0.2) is 4.79 Å². The number of halogens is 1. The smallest absolute Gasteiger partial charge is 0.340 e. The molecular formula is C19H17BrN4O3S. The SMILES string of the molecule is CCc1ccc(NC(=O)c2nnc(COC(=O)c3cc(Br)ccc3N)s2)cc1. The van der Waals surface area contributed by atoms with Crippen molar-refractivity contribution < 1.29 is 14.3 Å². The predicted molar refractivity (Wildman–Crippen MR) is 111 cm³/mol. The molecule has 2 aromatic carbocycles. The summed E-state index contributed by atoms with van der Waals surface area (Å²) in [5.74, 6) is -0.938. The molecule has 1 heterocycles. The molecule has 0 saturated carbocycles. The molecule has 1 aromatic heterocycles. The van der Waals surface area contributed by atoms with Crippen LogP contribution in [-0.2, 0) is 17.8 Å². The lowest BCUT2D eigenvalue weighted by Crippen LogP contribution is -2.11. The predicted octanol–water partition coefficient (Wildman–Crippen LogP) is 4.05. The average Bonchev–Trinajstić information content (AvgIpc) is 3.18. The van der Waals surface area contributed by atoms with Crippen LogP contribution in [-0.4, -0.2) is 22.1 Å². The molecular weight excluding hydrogens is 444 g/mol. The first kappa shape index (κ1) is 20.0. The van der Waals surface area contributed by atoms with Crippen LogP contribution < -0.4 is 11.1 Å². The van der Waals surface area contributed by atoms with Gasteiger partial charge in [0.25, 0.3) is 5.91 Å². The number of rotatable bonds is 6. The van der Waals surface area contributed by atoms with E-state index in [1.54, 1.807) is 18.2 Å². The number of aryl methyl sites for hydroxylation is 1. The summed E-state index contributed by atoms with van der Waals surface area (Å²) < 4.78 is 5.94. The van der Waals surface area contributed by atoms with Gasteiger partial charge in [0.2, 0.25) is 5.01 Å². The standard InChI is InChI=1S/C19H17BrN4O3S/c1-2-11-3-6-13(7-4-11)22-17(25)18-24-23-16(28-18)10-27-19(26)14-9-12(20)5-8-15(14)21/h3-9H,2,10,21H2,1H3,(H,22,25). The van der Waals surface area contributed by atoms with Crippen molar-refractivity contribution in [3.8, 4) is 0 Å². The van der Waals surface area contributed by atoms with Gasteiger partial charge < -0.3 is 15.8 Å². The number of aromatic nitrogens is 2. The van der Waals surface area contributed by atoms with Crippen molar-refractivity contribution in [2.45, 2.75) is 20.0 Å². The Morgan fingerprint density at radius 3 is 2.64 bits per heavy atom. The van der Waals surface area contributed by atoms with Crippen molar-refractivity contribution >= 4 is 50.5 Å². The molecule has 0 bridgehead atoms. The third-order valence-electron chi connectivity index (χ3n) is 3.84. The fourth-order valence-corrected chi connectivity index (χ4v) is 3.33. The highest BCUT2D eigenvalue weighted by Gasteiger charge is 2.16. The fraction of sp³-hybridized carbons (Fsp3) is 0.158. The van der Waals surface area contributed by atoms with Gasteiger partial charge in [0, 0.05) is 15.8 Å². The van der Waals surface area contributed by atoms with E-state index in [1.807, 2.05) is 24.3 Å². The van der Waals surface area contributed by atoms with Crippen LogP contribution in [0.2, 0.25) is 0 Å². The first-order valence-electron chi connectivity index (χ1n) is 8.41. The van der Waals surface area contributed by atoms with Crippen molar-refractivity contribution in [1.29, 1.82) is 0 Å². The lowest BCUT2D eigenvalue weighted by molar-refractivity contribution is 0.0472. The number of hydrogen-bond acceptors (Lipinski definition) is 7. The molecule has 144 valence electrons. The Morgan fingerprint density at radius 2 is 1.93 bits per heavy atom. The third-order valence-corrected chi connectivity index (χ3v) is 5.23. The second-order valence-electron chi connectivity index (χ2n) is 5.81. The Labute approximate surface area is 174 Å². The number of benzene rings is 2. The summed E-state index contributed by atoms with van der Waals surface area (Å²) in [4.78, 5) is 24.5. The van der Waals surface area contributed by atoms with Crippen LogP contribution in [0.4, 0.5) is 11.4 Å². The van der Waals surface area contributed by atoms with Gasteiger partial charge in [0.05, 0.1) is 5.56 Å². The van der Waals surface area contributed by atoms with Crippen molar-refractivity contribution in [1.82, 2.24) is 10.2 Å². The largest absolute Gasteiger partial charge is 0.455 e. The molecule has 9 heteroatoms. The fourth-order valence-electron chi connectivity index (χ4n) is 2.32. The maximum atomic E-state index is 12.3. The van der Waals surface area contributed by atoms with Crippen LogP contribution in [0.1, 0.15) is 37.7 Å². The number of ether oxygens (including phenoxy) is 1. The molecule has 0 unspecified atom stereocenters. The summed E-state index contributed by atoms with van der Waals surface area (Å²) in [5.41, 5.74) is 8.23. The Balaban J connectivity index is 1.59. The molecule has 28 heavy (non-hydrogen) atoms. The molecule has 0 saturated heterocycles. The molecule has 0 spiro atoms. The number of hydrogen-bond donors (Lipinski definition) is 2. The molecule has 3 aromatic rings. The van der Waals surface area contributed by atoms with Crippen LogP contribution >= 0.6 is 27.3 Å². The van der Waals surface area contributed by atoms with Crippen LogP contribution in [0, 0.1) is 0 Å². The first-order chi connectivity index (χ1) is 13.5. The van der Waals surface area contributed by atoms with E-state index in [1.165, 1.54) is 5.56 Å². The zero-order valence-electron chi connectivity index (χ0n) is 14.9. The Hall–Kier alpha value is -2.78. The number of nitrogen functional groups attached to an aromatic ring is 1. The van der Waals surface area contributed by atoms with Crippen molar-refractivity contribution in [3.05, 3.63) is 68.1 Å². The lowest BCUT2D eigenvalue weighted by Gasteiger charge is -2.05. The number of carbonyl (C=O) groups is 2. The molecule has 0 fully saturated rings. The second-order valence-corrected chi connectivity index (χ2v) is 7.79. The van der Waals surface area contributed by atoms with Crippen LogP contribution in [0.25, 0.3) is 0 Å². The summed E-state index contributed by atoms with van der Waals surface area (Å²) in [7, 11) is 0. The normalized spacial score (nSPS) is 10.5. The highest BCUT2D eigenvalue weighted by Crippen LogP contribution is 2.20. The summed E-state index contributed by atoms with van der Waals surface area (Å²) >= 11 is 4.35. The van der Waals surface area contributed by atoms with Gasteiger partial charge in [-0.1, -0.05) is 46.3 Å². The molecule has 7 nitrogen and oxygen atoms in total. The average molecular weight is 461 g/mol. The zero-order valence-corrected chi connectivity index (χ0v) is 17.3. The molecule has 0 aliphatic heterocycles. The topological polar surface area (TPSA) is 107 Å². The lowest BCUT2D eigenvalue weighted by atomic mass is 10.1. The molecule has 0 radical (unpaired) electrons. The van der Waals surface area contributed by atoms with E-state index >= 15 is 0 Å². The third kappa shape index (κ3) is 4.93. The number of carbonyl (C=O) groups excluding carboxylic acids is 2. The van der Waals surface area contributed by atoms with E-state index in [-0.39, 0.29) is 23.1 Å². The number of anilines is 2. The highest BCUT2D eigenvalue weighted by atomic mass is 79.9. The van der Waals surface area contributed by atoms with Crippen LogP contribution in [0.5, 0.6) is 0 Å². The van der Waals surface area contributed by atoms with Crippen molar-refractivity contribution in [2.75, 3.05) is 11.1 Å². The van der Waals surface area contributed by atoms with E-state index in [9.17, 15) is 9.59 Å². The Kier molecular flexibility index (Phi) is 6.37. The first-order valence-corrected chi connectivity index (χ1v) is 10.0. The number of esters is 1. The van der Waals surface area contributed by atoms with Gasteiger partial charge >= 0.3 is 5.97 Å². The summed E-state index contributed by atoms with van der Waals surface area (Å²) in [6.07, 6.45) is 0.929. The van der Waals surface area contributed by atoms with Gasteiger partial charge in [-0.2, -0.15) is 0 Å². The maximum absolute atomic E-state index is 12.3. The molecule has 0 aliphatic carbocycles.